The van der Waals surface area contributed by atoms with Crippen LogP contribution in [0.1, 0.15) is 32.3 Å². The lowest BCUT2D eigenvalue weighted by atomic mass is 10.0. The van der Waals surface area contributed by atoms with Crippen molar-refractivity contribution >= 4 is 17.3 Å². The highest BCUT2D eigenvalue weighted by atomic mass is 16.5. The lowest BCUT2D eigenvalue weighted by Crippen LogP contribution is -2.39. The maximum absolute atomic E-state index is 12.2. The molecule has 0 spiro atoms. The van der Waals surface area contributed by atoms with Gasteiger partial charge in [-0.1, -0.05) is 17.3 Å². The summed E-state index contributed by atoms with van der Waals surface area (Å²) in [6.07, 6.45) is 1.63. The first-order valence-corrected chi connectivity index (χ1v) is 6.30. The Morgan fingerprint density at radius 1 is 1.53 bits per heavy atom. The van der Waals surface area contributed by atoms with Crippen LogP contribution in [0.15, 0.2) is 29.4 Å². The van der Waals surface area contributed by atoms with Gasteiger partial charge in [0, 0.05) is 17.9 Å². The number of rotatable bonds is 3. The minimum Gasteiger partial charge on any atom is -0.411 e. The molecule has 2 N–H and O–H groups in total. The molecule has 1 aliphatic rings. The van der Waals surface area contributed by atoms with E-state index in [0.717, 1.165) is 18.4 Å². The Bertz CT molecular complexity index is 505. The van der Waals surface area contributed by atoms with Crippen LogP contribution in [0, 0.1) is 0 Å². The molecule has 5 heteroatoms. The fourth-order valence-corrected chi connectivity index (χ4v) is 2.10. The number of nitrogens with one attached hydrogen (secondary N) is 1. The van der Waals surface area contributed by atoms with E-state index in [1.165, 1.54) is 0 Å². The van der Waals surface area contributed by atoms with Crippen LogP contribution in [0.5, 0.6) is 0 Å². The van der Waals surface area contributed by atoms with E-state index < -0.39 is 5.60 Å². The van der Waals surface area contributed by atoms with Gasteiger partial charge >= 0.3 is 0 Å². The molecule has 0 aliphatic carbocycles. The van der Waals surface area contributed by atoms with Crippen molar-refractivity contribution in [3.05, 3.63) is 29.8 Å². The molecule has 1 amide bonds. The van der Waals surface area contributed by atoms with Gasteiger partial charge in [0.05, 0.1) is 5.71 Å². The summed E-state index contributed by atoms with van der Waals surface area (Å²) in [5, 5.41) is 14.7. The highest BCUT2D eigenvalue weighted by Gasteiger charge is 2.37. The average molecular weight is 262 g/mol. The second-order valence-electron chi connectivity index (χ2n) is 4.90. The van der Waals surface area contributed by atoms with E-state index in [0.29, 0.717) is 18.0 Å². The molecule has 19 heavy (non-hydrogen) atoms. The van der Waals surface area contributed by atoms with E-state index in [-0.39, 0.29) is 5.91 Å². The van der Waals surface area contributed by atoms with Crippen molar-refractivity contribution in [2.45, 2.75) is 32.3 Å². The first-order valence-electron chi connectivity index (χ1n) is 6.30. The van der Waals surface area contributed by atoms with Crippen LogP contribution in [0.3, 0.4) is 0 Å². The quantitative estimate of drug-likeness (QED) is 0.499. The number of oxime groups is 1. The summed E-state index contributed by atoms with van der Waals surface area (Å²) in [5.41, 5.74) is 1.19. The minimum absolute atomic E-state index is 0.138. The van der Waals surface area contributed by atoms with Crippen molar-refractivity contribution in [1.29, 1.82) is 0 Å². The fourth-order valence-electron chi connectivity index (χ4n) is 2.10. The van der Waals surface area contributed by atoms with E-state index in [1.54, 1.807) is 32.0 Å². The van der Waals surface area contributed by atoms with Crippen LogP contribution in [-0.4, -0.2) is 29.0 Å². The van der Waals surface area contributed by atoms with E-state index >= 15 is 0 Å². The van der Waals surface area contributed by atoms with Crippen molar-refractivity contribution in [2.24, 2.45) is 5.16 Å². The molecule has 1 aliphatic heterocycles. The minimum atomic E-state index is -0.740. The monoisotopic (exact) mass is 262 g/mol. The molecule has 1 saturated heterocycles. The maximum Gasteiger partial charge on any atom is 0.256 e. The third kappa shape index (κ3) is 2.93. The van der Waals surface area contributed by atoms with Crippen LogP contribution in [0.4, 0.5) is 5.69 Å². The summed E-state index contributed by atoms with van der Waals surface area (Å²) < 4.78 is 5.50. The predicted octanol–water partition coefficient (Wildman–Crippen LogP) is 2.39. The summed E-state index contributed by atoms with van der Waals surface area (Å²) >= 11 is 0. The number of amides is 1. The number of ether oxygens (including phenoxy) is 1. The van der Waals surface area contributed by atoms with E-state index in [9.17, 15) is 4.79 Å². The van der Waals surface area contributed by atoms with Gasteiger partial charge in [0.1, 0.15) is 5.60 Å². The summed E-state index contributed by atoms with van der Waals surface area (Å²) in [6.45, 7) is 4.13. The summed E-state index contributed by atoms with van der Waals surface area (Å²) in [5.74, 6) is -0.138. The molecule has 1 aromatic rings. The molecule has 0 radical (unpaired) electrons. The summed E-state index contributed by atoms with van der Waals surface area (Å²) in [7, 11) is 0. The Hall–Kier alpha value is -1.88. The van der Waals surface area contributed by atoms with Gasteiger partial charge in [0.15, 0.2) is 0 Å². The Balaban J connectivity index is 2.13. The first-order chi connectivity index (χ1) is 9.05. The van der Waals surface area contributed by atoms with E-state index in [1.807, 2.05) is 6.07 Å². The van der Waals surface area contributed by atoms with Gasteiger partial charge in [-0.25, -0.2) is 0 Å². The molecular formula is C14H18N2O3. The van der Waals surface area contributed by atoms with Crippen LogP contribution in [0.25, 0.3) is 0 Å². The highest BCUT2D eigenvalue weighted by molar-refractivity contribution is 6.01. The summed E-state index contributed by atoms with van der Waals surface area (Å²) in [6, 6.07) is 7.19. The van der Waals surface area contributed by atoms with Gasteiger partial charge < -0.3 is 15.3 Å². The Morgan fingerprint density at radius 2 is 2.32 bits per heavy atom. The lowest BCUT2D eigenvalue weighted by molar-refractivity contribution is -0.133. The first kappa shape index (κ1) is 13.5. The number of nitrogens with zero attached hydrogens (tertiary/aromatic N) is 1. The Kier molecular flexibility index (Phi) is 3.85. The molecule has 1 unspecified atom stereocenters. The van der Waals surface area contributed by atoms with Crippen molar-refractivity contribution in [2.75, 3.05) is 11.9 Å². The van der Waals surface area contributed by atoms with Crippen molar-refractivity contribution in [3.63, 3.8) is 0 Å². The third-order valence-electron chi connectivity index (χ3n) is 3.39. The van der Waals surface area contributed by atoms with Gasteiger partial charge in [-0.2, -0.15) is 0 Å². The zero-order chi connectivity index (χ0) is 13.9. The number of carbonyl (C=O) groups is 1. The van der Waals surface area contributed by atoms with Gasteiger partial charge in [0.2, 0.25) is 0 Å². The third-order valence-corrected chi connectivity index (χ3v) is 3.39. The number of anilines is 1. The molecule has 102 valence electrons. The summed E-state index contributed by atoms with van der Waals surface area (Å²) in [4.78, 5) is 12.2. The molecule has 0 bridgehead atoms. The van der Waals surface area contributed by atoms with Crippen molar-refractivity contribution < 1.29 is 14.7 Å². The maximum atomic E-state index is 12.2. The van der Waals surface area contributed by atoms with Crippen molar-refractivity contribution in [1.82, 2.24) is 0 Å². The molecule has 2 rings (SSSR count). The number of carbonyl (C=O) groups excluding carboxylic acids is 1. The SMILES string of the molecule is CC(=NO)c1cccc(NC(=O)C2(C)CCCO2)c1. The van der Waals surface area contributed by atoms with E-state index in [2.05, 4.69) is 10.5 Å². The normalized spacial score (nSPS) is 23.4. The number of hydrogen-bond donors (Lipinski definition) is 2. The predicted molar refractivity (Wildman–Crippen MR) is 72.7 cm³/mol. The van der Waals surface area contributed by atoms with Crippen LogP contribution in [0.2, 0.25) is 0 Å². The molecule has 5 nitrogen and oxygen atoms in total. The Morgan fingerprint density at radius 3 is 2.95 bits per heavy atom. The van der Waals surface area contributed by atoms with E-state index in [4.69, 9.17) is 9.94 Å². The largest absolute Gasteiger partial charge is 0.411 e. The Labute approximate surface area is 112 Å². The molecular weight excluding hydrogens is 244 g/mol. The smallest absolute Gasteiger partial charge is 0.256 e. The molecule has 1 atom stereocenters. The number of hydrogen-bond acceptors (Lipinski definition) is 4. The van der Waals surface area contributed by atoms with Crippen LogP contribution < -0.4 is 5.32 Å². The topological polar surface area (TPSA) is 70.9 Å². The second kappa shape index (κ2) is 5.40. The standard InChI is InChI=1S/C14H18N2O3/c1-10(16-18)11-5-3-6-12(9-11)15-13(17)14(2)7-4-8-19-14/h3,5-6,9,18H,4,7-8H2,1-2H3,(H,15,17). The molecule has 1 fully saturated rings. The van der Waals surface area contributed by atoms with Gasteiger partial charge in [-0.15, -0.1) is 0 Å². The zero-order valence-electron chi connectivity index (χ0n) is 11.1. The van der Waals surface area contributed by atoms with Crippen LogP contribution in [-0.2, 0) is 9.53 Å². The molecule has 0 aromatic heterocycles. The van der Waals surface area contributed by atoms with Gasteiger partial charge in [-0.05, 0) is 38.8 Å². The lowest BCUT2D eigenvalue weighted by Gasteiger charge is -2.22. The fraction of sp³-hybridized carbons (Fsp3) is 0.429. The second-order valence-corrected chi connectivity index (χ2v) is 4.90. The zero-order valence-corrected chi connectivity index (χ0v) is 11.1. The molecule has 1 heterocycles. The number of benzene rings is 1. The average Bonchev–Trinajstić information content (AvgIpc) is 2.86. The highest BCUT2D eigenvalue weighted by Crippen LogP contribution is 2.26. The van der Waals surface area contributed by atoms with Crippen LogP contribution >= 0.6 is 0 Å². The van der Waals surface area contributed by atoms with Gasteiger partial charge in [0.25, 0.3) is 5.91 Å². The molecule has 1 aromatic carbocycles. The van der Waals surface area contributed by atoms with Crippen molar-refractivity contribution in [3.8, 4) is 0 Å². The molecule has 0 saturated carbocycles. The van der Waals surface area contributed by atoms with Gasteiger partial charge in [-0.3, -0.25) is 4.79 Å².